The van der Waals surface area contributed by atoms with Gasteiger partial charge in [-0.15, -0.1) is 0 Å². The van der Waals surface area contributed by atoms with E-state index in [4.69, 9.17) is 4.84 Å². The summed E-state index contributed by atoms with van der Waals surface area (Å²) in [7, 11) is 1.59. The number of amidine groups is 1. The zero-order valence-corrected chi connectivity index (χ0v) is 11.0. The molecule has 0 N–H and O–H groups in total. The van der Waals surface area contributed by atoms with Crippen LogP contribution in [0, 0.1) is 0 Å². The summed E-state index contributed by atoms with van der Waals surface area (Å²) in [6, 6.07) is 10.2. The van der Waals surface area contributed by atoms with Gasteiger partial charge in [0.25, 0.3) is 0 Å². The number of rotatable bonds is 2. The second-order valence-corrected chi connectivity index (χ2v) is 4.71. The van der Waals surface area contributed by atoms with Crippen LogP contribution in [0.2, 0.25) is 0 Å². The Morgan fingerprint density at radius 3 is 2.84 bits per heavy atom. The summed E-state index contributed by atoms with van der Waals surface area (Å²) in [5.74, 6) is 0.887. The molecule has 0 radical (unpaired) electrons. The summed E-state index contributed by atoms with van der Waals surface area (Å²) in [5.41, 5.74) is 2.02. The third kappa shape index (κ3) is 2.38. The van der Waals surface area contributed by atoms with E-state index in [2.05, 4.69) is 27.2 Å². The molecule has 0 aliphatic carbocycles. The van der Waals surface area contributed by atoms with Crippen LogP contribution in [-0.2, 0) is 4.84 Å². The number of likely N-dealkylation sites (tertiary alicyclic amines) is 1. The average molecular weight is 255 g/mol. The molecule has 1 aliphatic rings. The Kier molecular flexibility index (Phi) is 3.31. The van der Waals surface area contributed by atoms with Crippen LogP contribution in [0.3, 0.4) is 0 Å². The Balaban J connectivity index is 2.02. The number of hydrogen-bond acceptors (Lipinski definition) is 3. The van der Waals surface area contributed by atoms with Crippen LogP contribution in [-0.4, -0.2) is 35.9 Å². The predicted molar refractivity (Wildman–Crippen MR) is 76.1 cm³/mol. The van der Waals surface area contributed by atoms with E-state index in [9.17, 15) is 0 Å². The Labute approximate surface area is 112 Å². The number of hydrogen-bond donors (Lipinski definition) is 0. The van der Waals surface area contributed by atoms with Gasteiger partial charge in [-0.3, -0.25) is 4.98 Å². The monoisotopic (exact) mass is 255 g/mol. The fraction of sp³-hybridized carbons (Fsp3) is 0.333. The van der Waals surface area contributed by atoms with Crippen LogP contribution >= 0.6 is 0 Å². The summed E-state index contributed by atoms with van der Waals surface area (Å²) in [5, 5.41) is 5.31. The summed E-state index contributed by atoms with van der Waals surface area (Å²) in [6.07, 6.45) is 4.30. The van der Waals surface area contributed by atoms with E-state index < -0.39 is 0 Å². The first-order chi connectivity index (χ1) is 9.38. The molecule has 19 heavy (non-hydrogen) atoms. The molecule has 0 bridgehead atoms. The van der Waals surface area contributed by atoms with Crippen molar-refractivity contribution in [3.05, 3.63) is 42.1 Å². The quantitative estimate of drug-likeness (QED) is 0.470. The average Bonchev–Trinajstić information content (AvgIpc) is 2.98. The van der Waals surface area contributed by atoms with Gasteiger partial charge in [0, 0.05) is 30.2 Å². The lowest BCUT2D eigenvalue weighted by atomic mass is 10.1. The minimum atomic E-state index is 0.887. The first-order valence-electron chi connectivity index (χ1n) is 6.60. The van der Waals surface area contributed by atoms with E-state index in [1.54, 1.807) is 7.11 Å². The number of benzene rings is 1. The maximum Gasteiger partial charge on any atom is 0.177 e. The number of para-hydroxylation sites is 1. The van der Waals surface area contributed by atoms with Gasteiger partial charge in [-0.2, -0.15) is 0 Å². The summed E-state index contributed by atoms with van der Waals surface area (Å²) in [6.45, 7) is 2.07. The van der Waals surface area contributed by atoms with E-state index in [1.165, 1.54) is 12.8 Å². The Morgan fingerprint density at radius 1 is 1.26 bits per heavy atom. The molecular weight excluding hydrogens is 238 g/mol. The number of aromatic nitrogens is 1. The fourth-order valence-electron chi connectivity index (χ4n) is 2.50. The van der Waals surface area contributed by atoms with Crippen molar-refractivity contribution in [3.63, 3.8) is 0 Å². The highest BCUT2D eigenvalue weighted by atomic mass is 16.6. The highest BCUT2D eigenvalue weighted by Gasteiger charge is 2.19. The van der Waals surface area contributed by atoms with Crippen LogP contribution in [0.25, 0.3) is 10.9 Å². The van der Waals surface area contributed by atoms with Gasteiger partial charge in [0.05, 0.1) is 5.52 Å². The van der Waals surface area contributed by atoms with Gasteiger partial charge < -0.3 is 9.74 Å². The molecule has 1 saturated heterocycles. The van der Waals surface area contributed by atoms with Crippen molar-refractivity contribution >= 4 is 16.7 Å². The van der Waals surface area contributed by atoms with Crippen LogP contribution in [0.5, 0.6) is 0 Å². The Morgan fingerprint density at radius 2 is 2.05 bits per heavy atom. The van der Waals surface area contributed by atoms with Crippen molar-refractivity contribution < 1.29 is 4.84 Å². The minimum absolute atomic E-state index is 0.887. The third-order valence-electron chi connectivity index (χ3n) is 3.43. The summed E-state index contributed by atoms with van der Waals surface area (Å²) >= 11 is 0. The van der Waals surface area contributed by atoms with Gasteiger partial charge in [-0.1, -0.05) is 23.4 Å². The fourth-order valence-corrected chi connectivity index (χ4v) is 2.50. The van der Waals surface area contributed by atoms with E-state index in [-0.39, 0.29) is 0 Å². The topological polar surface area (TPSA) is 37.7 Å². The van der Waals surface area contributed by atoms with E-state index in [0.29, 0.717) is 0 Å². The lowest BCUT2D eigenvalue weighted by Gasteiger charge is -2.19. The second-order valence-electron chi connectivity index (χ2n) is 4.71. The second kappa shape index (κ2) is 5.26. The largest absolute Gasteiger partial charge is 0.397 e. The third-order valence-corrected chi connectivity index (χ3v) is 3.43. The number of oxime groups is 1. The molecule has 1 aliphatic heterocycles. The molecule has 1 aromatic carbocycles. The summed E-state index contributed by atoms with van der Waals surface area (Å²) < 4.78 is 0. The Bertz CT molecular complexity index is 603. The standard InChI is InChI=1S/C15H17N3O/c1-19-17-15(18-8-4-5-9-18)13-10-12-6-2-3-7-14(12)16-11-13/h2-3,6-7,10-11H,4-5,8-9H2,1H3. The predicted octanol–water partition coefficient (Wildman–Crippen LogP) is 2.64. The highest BCUT2D eigenvalue weighted by Crippen LogP contribution is 2.17. The lowest BCUT2D eigenvalue weighted by molar-refractivity contribution is 0.207. The van der Waals surface area contributed by atoms with Gasteiger partial charge in [0.15, 0.2) is 5.84 Å². The lowest BCUT2D eigenvalue weighted by Crippen LogP contribution is -2.29. The first kappa shape index (κ1) is 12.0. The molecule has 0 unspecified atom stereocenters. The van der Waals surface area contributed by atoms with Gasteiger partial charge in [0.1, 0.15) is 7.11 Å². The van der Waals surface area contributed by atoms with Crippen LogP contribution < -0.4 is 0 Å². The maximum absolute atomic E-state index is 5.00. The zero-order valence-electron chi connectivity index (χ0n) is 11.0. The smallest absolute Gasteiger partial charge is 0.177 e. The van der Waals surface area contributed by atoms with Crippen molar-refractivity contribution in [1.82, 2.24) is 9.88 Å². The van der Waals surface area contributed by atoms with Crippen molar-refractivity contribution in [2.75, 3.05) is 20.2 Å². The normalized spacial score (nSPS) is 16.1. The molecule has 98 valence electrons. The molecule has 4 nitrogen and oxygen atoms in total. The maximum atomic E-state index is 5.00. The summed E-state index contributed by atoms with van der Waals surface area (Å²) in [4.78, 5) is 11.8. The molecule has 0 amide bonds. The molecule has 4 heteroatoms. The van der Waals surface area contributed by atoms with Crippen molar-refractivity contribution in [2.45, 2.75) is 12.8 Å². The molecule has 0 atom stereocenters. The number of nitrogens with zero attached hydrogens (tertiary/aromatic N) is 3. The molecular formula is C15H17N3O. The molecule has 3 rings (SSSR count). The van der Waals surface area contributed by atoms with Crippen LogP contribution in [0.1, 0.15) is 18.4 Å². The minimum Gasteiger partial charge on any atom is -0.397 e. The van der Waals surface area contributed by atoms with Crippen LogP contribution in [0.15, 0.2) is 41.7 Å². The number of fused-ring (bicyclic) bond motifs is 1. The van der Waals surface area contributed by atoms with Gasteiger partial charge in [-0.25, -0.2) is 0 Å². The zero-order chi connectivity index (χ0) is 13.1. The van der Waals surface area contributed by atoms with Gasteiger partial charge in [0.2, 0.25) is 0 Å². The van der Waals surface area contributed by atoms with E-state index in [0.717, 1.165) is 35.4 Å². The Hall–Kier alpha value is -2.10. The van der Waals surface area contributed by atoms with Crippen molar-refractivity contribution in [1.29, 1.82) is 0 Å². The van der Waals surface area contributed by atoms with E-state index in [1.807, 2.05) is 24.4 Å². The highest BCUT2D eigenvalue weighted by molar-refractivity contribution is 6.00. The van der Waals surface area contributed by atoms with Crippen molar-refractivity contribution in [3.8, 4) is 0 Å². The number of pyridine rings is 1. The molecule has 1 fully saturated rings. The van der Waals surface area contributed by atoms with Gasteiger partial charge >= 0.3 is 0 Å². The molecule has 0 saturated carbocycles. The molecule has 2 heterocycles. The van der Waals surface area contributed by atoms with Crippen molar-refractivity contribution in [2.24, 2.45) is 5.16 Å². The molecule has 0 spiro atoms. The first-order valence-corrected chi connectivity index (χ1v) is 6.60. The van der Waals surface area contributed by atoms with E-state index >= 15 is 0 Å². The van der Waals surface area contributed by atoms with Crippen LogP contribution in [0.4, 0.5) is 0 Å². The molecule has 1 aromatic heterocycles. The van der Waals surface area contributed by atoms with Gasteiger partial charge in [-0.05, 0) is 25.0 Å². The SMILES string of the molecule is CON=C(c1cnc2ccccc2c1)N1CCCC1. The molecule has 2 aromatic rings.